The molecular weight excluding hydrogens is 553 g/mol. The SMILES string of the molecule is CS(=O)(=O)c1ccccc1-c1ccc(NC(=O)c2cc(C(F)(F)F)nn2-c2cc3ccccc3cc2F)c(F)c1. The quantitative estimate of drug-likeness (QED) is 0.240. The topological polar surface area (TPSA) is 81.1 Å². The molecule has 5 rings (SSSR count). The molecule has 0 aliphatic heterocycles. The number of benzene rings is 4. The number of amides is 1. The molecule has 0 saturated heterocycles. The Morgan fingerprint density at radius 2 is 1.50 bits per heavy atom. The lowest BCUT2D eigenvalue weighted by Gasteiger charge is -2.12. The number of nitrogens with one attached hydrogen (secondary N) is 1. The highest BCUT2D eigenvalue weighted by atomic mass is 32.2. The van der Waals surface area contributed by atoms with Crippen LogP contribution in [-0.2, 0) is 16.0 Å². The van der Waals surface area contributed by atoms with E-state index in [0.29, 0.717) is 21.5 Å². The number of hydrogen-bond donors (Lipinski definition) is 1. The molecular formula is C28H18F5N3O3S. The molecule has 0 aliphatic rings. The van der Waals surface area contributed by atoms with Crippen molar-refractivity contribution in [1.82, 2.24) is 9.78 Å². The Bertz CT molecular complexity index is 1900. The van der Waals surface area contributed by atoms with Crippen molar-refractivity contribution in [3.63, 3.8) is 0 Å². The molecule has 1 amide bonds. The van der Waals surface area contributed by atoms with E-state index in [-0.39, 0.29) is 16.0 Å². The van der Waals surface area contributed by atoms with Gasteiger partial charge in [-0.15, -0.1) is 0 Å². The second-order valence-corrected chi connectivity index (χ2v) is 10.9. The fourth-order valence-corrected chi connectivity index (χ4v) is 5.14. The Morgan fingerprint density at radius 3 is 2.15 bits per heavy atom. The number of nitrogens with zero attached hydrogens (tertiary/aromatic N) is 2. The van der Waals surface area contributed by atoms with E-state index in [4.69, 9.17) is 0 Å². The molecule has 0 aliphatic carbocycles. The fraction of sp³-hybridized carbons (Fsp3) is 0.0714. The van der Waals surface area contributed by atoms with E-state index in [9.17, 15) is 30.8 Å². The van der Waals surface area contributed by atoms with E-state index in [1.807, 2.05) is 0 Å². The van der Waals surface area contributed by atoms with E-state index in [0.717, 1.165) is 24.5 Å². The Morgan fingerprint density at radius 1 is 0.850 bits per heavy atom. The van der Waals surface area contributed by atoms with E-state index >= 15 is 4.39 Å². The van der Waals surface area contributed by atoms with Gasteiger partial charge in [-0.25, -0.2) is 21.9 Å². The van der Waals surface area contributed by atoms with Gasteiger partial charge in [-0.05, 0) is 46.7 Å². The summed E-state index contributed by atoms with van der Waals surface area (Å²) in [5.41, 5.74) is -2.52. The minimum Gasteiger partial charge on any atom is -0.318 e. The maximum absolute atomic E-state index is 15.1. The van der Waals surface area contributed by atoms with Gasteiger partial charge in [-0.2, -0.15) is 18.3 Å². The molecule has 12 heteroatoms. The summed E-state index contributed by atoms with van der Waals surface area (Å²) in [6.45, 7) is 0. The van der Waals surface area contributed by atoms with Gasteiger partial charge in [-0.1, -0.05) is 48.5 Å². The second-order valence-electron chi connectivity index (χ2n) is 8.89. The van der Waals surface area contributed by atoms with Crippen LogP contribution < -0.4 is 5.32 Å². The lowest BCUT2D eigenvalue weighted by molar-refractivity contribution is -0.141. The summed E-state index contributed by atoms with van der Waals surface area (Å²) in [5, 5.41) is 6.60. The average molecular weight is 572 g/mol. The van der Waals surface area contributed by atoms with Gasteiger partial charge in [0, 0.05) is 17.9 Å². The molecule has 204 valence electrons. The van der Waals surface area contributed by atoms with Crippen molar-refractivity contribution < 1.29 is 35.2 Å². The summed E-state index contributed by atoms with van der Waals surface area (Å²) in [5.74, 6) is -3.09. The van der Waals surface area contributed by atoms with Crippen molar-refractivity contribution >= 4 is 32.2 Å². The standard InChI is InChI=1S/C28H18F5N3O3S/c1-40(38,39)25-9-5-4-8-19(25)18-10-11-22(20(29)13-18)34-27(37)24-15-26(28(31,32)33)35-36(24)23-14-17-7-3-2-6-16(17)12-21(23)30/h2-15H,1H3,(H,34,37). The summed E-state index contributed by atoms with van der Waals surface area (Å²) >= 11 is 0. The molecule has 0 spiro atoms. The number of fused-ring (bicyclic) bond motifs is 1. The van der Waals surface area contributed by atoms with Crippen molar-refractivity contribution in [3.05, 3.63) is 108 Å². The Balaban J connectivity index is 1.54. The lowest BCUT2D eigenvalue weighted by atomic mass is 10.0. The molecule has 0 bridgehead atoms. The van der Waals surface area contributed by atoms with Crippen LogP contribution in [0.4, 0.5) is 27.6 Å². The van der Waals surface area contributed by atoms with E-state index in [1.54, 1.807) is 30.3 Å². The molecule has 4 aromatic carbocycles. The minimum atomic E-state index is -4.95. The molecule has 0 saturated carbocycles. The van der Waals surface area contributed by atoms with Gasteiger partial charge < -0.3 is 5.32 Å². The third-order valence-corrected chi connectivity index (χ3v) is 7.25. The number of halogens is 5. The van der Waals surface area contributed by atoms with Gasteiger partial charge in [0.05, 0.1) is 10.6 Å². The molecule has 5 aromatic rings. The number of alkyl halides is 3. The van der Waals surface area contributed by atoms with Crippen molar-refractivity contribution in [3.8, 4) is 16.8 Å². The summed E-state index contributed by atoms with van der Waals surface area (Å²) in [6.07, 6.45) is -3.94. The lowest BCUT2D eigenvalue weighted by Crippen LogP contribution is -2.18. The predicted molar refractivity (Wildman–Crippen MR) is 139 cm³/mol. The van der Waals surface area contributed by atoms with Gasteiger partial charge in [-0.3, -0.25) is 4.79 Å². The fourth-order valence-electron chi connectivity index (χ4n) is 4.23. The number of hydrogen-bond acceptors (Lipinski definition) is 4. The number of sulfone groups is 1. The van der Waals surface area contributed by atoms with Gasteiger partial charge in [0.2, 0.25) is 0 Å². The number of aromatic nitrogens is 2. The van der Waals surface area contributed by atoms with E-state index in [1.165, 1.54) is 30.3 Å². The zero-order valence-corrected chi connectivity index (χ0v) is 21.3. The van der Waals surface area contributed by atoms with Crippen molar-refractivity contribution in [2.75, 3.05) is 11.6 Å². The number of carbonyl (C=O) groups excluding carboxylic acids is 1. The van der Waals surface area contributed by atoms with Gasteiger partial charge in [0.1, 0.15) is 23.0 Å². The normalized spacial score (nSPS) is 12.1. The minimum absolute atomic E-state index is 0.0350. The van der Waals surface area contributed by atoms with E-state index in [2.05, 4.69) is 10.4 Å². The smallest absolute Gasteiger partial charge is 0.318 e. The van der Waals surface area contributed by atoms with Crippen LogP contribution in [-0.4, -0.2) is 30.4 Å². The van der Waals surface area contributed by atoms with Crippen molar-refractivity contribution in [2.24, 2.45) is 0 Å². The Kier molecular flexibility index (Phi) is 6.66. The highest BCUT2D eigenvalue weighted by Crippen LogP contribution is 2.33. The van der Waals surface area contributed by atoms with Crippen LogP contribution in [0.3, 0.4) is 0 Å². The molecule has 1 aromatic heterocycles. The number of carbonyl (C=O) groups is 1. The van der Waals surface area contributed by atoms with Crippen LogP contribution in [0.5, 0.6) is 0 Å². The summed E-state index contributed by atoms with van der Waals surface area (Å²) in [6, 6.07) is 18.8. The maximum atomic E-state index is 15.1. The molecule has 1 N–H and O–H groups in total. The predicted octanol–water partition coefficient (Wildman–Crippen LogP) is 6.65. The number of anilines is 1. The largest absolute Gasteiger partial charge is 0.435 e. The monoisotopic (exact) mass is 571 g/mol. The number of rotatable bonds is 5. The maximum Gasteiger partial charge on any atom is 0.435 e. The van der Waals surface area contributed by atoms with Crippen molar-refractivity contribution in [1.29, 1.82) is 0 Å². The third kappa shape index (κ3) is 5.17. The molecule has 0 unspecified atom stereocenters. The molecule has 0 fully saturated rings. The van der Waals surface area contributed by atoms with Crippen LogP contribution in [0.1, 0.15) is 16.2 Å². The summed E-state index contributed by atoms with van der Waals surface area (Å²) < 4.78 is 95.4. The first kappa shape index (κ1) is 27.0. The molecule has 40 heavy (non-hydrogen) atoms. The zero-order valence-electron chi connectivity index (χ0n) is 20.5. The molecule has 0 radical (unpaired) electrons. The first-order chi connectivity index (χ1) is 18.8. The Hall–Kier alpha value is -4.58. The molecule has 6 nitrogen and oxygen atoms in total. The first-order valence-corrected chi connectivity index (χ1v) is 13.5. The van der Waals surface area contributed by atoms with Crippen molar-refractivity contribution in [2.45, 2.75) is 11.1 Å². The molecule has 0 atom stereocenters. The summed E-state index contributed by atoms with van der Waals surface area (Å²) in [7, 11) is -3.64. The highest BCUT2D eigenvalue weighted by Gasteiger charge is 2.36. The zero-order chi connectivity index (χ0) is 28.8. The molecule has 1 heterocycles. The average Bonchev–Trinajstić information content (AvgIpc) is 3.35. The van der Waals surface area contributed by atoms with Gasteiger partial charge in [0.15, 0.2) is 15.5 Å². The van der Waals surface area contributed by atoms with Gasteiger partial charge >= 0.3 is 6.18 Å². The van der Waals surface area contributed by atoms with Crippen LogP contribution >= 0.6 is 0 Å². The Labute approximate surface area is 224 Å². The first-order valence-electron chi connectivity index (χ1n) is 11.6. The highest BCUT2D eigenvalue weighted by molar-refractivity contribution is 7.90. The van der Waals surface area contributed by atoms with Gasteiger partial charge in [0.25, 0.3) is 5.91 Å². The third-order valence-electron chi connectivity index (χ3n) is 6.09. The van der Waals surface area contributed by atoms with Crippen LogP contribution in [0, 0.1) is 11.6 Å². The second kappa shape index (κ2) is 9.87. The van der Waals surface area contributed by atoms with Crippen LogP contribution in [0.25, 0.3) is 27.6 Å². The summed E-state index contributed by atoms with van der Waals surface area (Å²) in [4.78, 5) is 13.1. The van der Waals surface area contributed by atoms with Crippen LogP contribution in [0.2, 0.25) is 0 Å². The van der Waals surface area contributed by atoms with E-state index < -0.39 is 56.3 Å². The van der Waals surface area contributed by atoms with Crippen LogP contribution in [0.15, 0.2) is 89.8 Å².